The summed E-state index contributed by atoms with van der Waals surface area (Å²) < 4.78 is 12.7. The van der Waals surface area contributed by atoms with Crippen molar-refractivity contribution in [3.63, 3.8) is 0 Å². The van der Waals surface area contributed by atoms with Crippen molar-refractivity contribution in [2.75, 3.05) is 0 Å². The van der Waals surface area contributed by atoms with Gasteiger partial charge in [-0.05, 0) is 84.5 Å². The van der Waals surface area contributed by atoms with E-state index < -0.39 is 18.3 Å². The first-order valence-corrected chi connectivity index (χ1v) is 15.4. The Kier molecular flexibility index (Phi) is 6.35. The second-order valence-corrected chi connectivity index (χ2v) is 12.8. The van der Waals surface area contributed by atoms with E-state index in [1.54, 1.807) is 0 Å². The average Bonchev–Trinajstić information content (AvgIpc) is 3.30. The van der Waals surface area contributed by atoms with Crippen LogP contribution in [-0.4, -0.2) is 33.3 Å². The molecule has 0 amide bonds. The van der Waals surface area contributed by atoms with Crippen LogP contribution in [0.25, 0.3) is 66.5 Å². The lowest BCUT2D eigenvalue weighted by Crippen LogP contribution is -2.41. The molecule has 5 aromatic carbocycles. The molecule has 5 nitrogen and oxygen atoms in total. The standard InChI is InChI=1S/C39H32BN3O2/c1-38(2)39(3,4)45-40(44-38)30-13-9-12-28(23-30)35-24-36(34-21-19-26-11-6-8-15-33(26)41-34)43-37(42-35)29-18-20-32-27(22-29)17-16-25-10-5-7-14-31(25)32/h5-24H,1-4H3. The van der Waals surface area contributed by atoms with E-state index in [4.69, 9.17) is 24.3 Å². The summed E-state index contributed by atoms with van der Waals surface area (Å²) in [5.41, 5.74) is 5.31. The van der Waals surface area contributed by atoms with Crippen LogP contribution in [0.15, 0.2) is 121 Å². The van der Waals surface area contributed by atoms with Crippen LogP contribution in [0.4, 0.5) is 0 Å². The minimum atomic E-state index is -0.465. The molecule has 8 rings (SSSR count). The highest BCUT2D eigenvalue weighted by molar-refractivity contribution is 6.62. The zero-order valence-electron chi connectivity index (χ0n) is 25.8. The molecule has 0 bridgehead atoms. The molecular formula is C39H32BN3O2. The molecule has 0 atom stereocenters. The van der Waals surface area contributed by atoms with Crippen molar-refractivity contribution in [2.45, 2.75) is 38.9 Å². The smallest absolute Gasteiger partial charge is 0.399 e. The van der Waals surface area contributed by atoms with E-state index in [0.717, 1.165) is 50.0 Å². The van der Waals surface area contributed by atoms with Gasteiger partial charge in [0.15, 0.2) is 5.82 Å². The van der Waals surface area contributed by atoms with Crippen LogP contribution in [0, 0.1) is 0 Å². The first-order chi connectivity index (χ1) is 21.7. The van der Waals surface area contributed by atoms with Crippen LogP contribution in [0.1, 0.15) is 27.7 Å². The average molecular weight is 586 g/mol. The number of hydrogen-bond acceptors (Lipinski definition) is 5. The highest BCUT2D eigenvalue weighted by Gasteiger charge is 2.51. The molecule has 2 aromatic heterocycles. The fourth-order valence-corrected chi connectivity index (χ4v) is 6.04. The molecule has 6 heteroatoms. The zero-order chi connectivity index (χ0) is 30.8. The molecule has 0 saturated carbocycles. The lowest BCUT2D eigenvalue weighted by Gasteiger charge is -2.32. The Labute approximate surface area is 263 Å². The molecule has 3 heterocycles. The third-order valence-electron chi connectivity index (χ3n) is 9.30. The molecule has 0 N–H and O–H groups in total. The van der Waals surface area contributed by atoms with Crippen LogP contribution < -0.4 is 5.46 Å². The van der Waals surface area contributed by atoms with Crippen LogP contribution >= 0.6 is 0 Å². The molecule has 45 heavy (non-hydrogen) atoms. The molecule has 1 fully saturated rings. The summed E-state index contributed by atoms with van der Waals surface area (Å²) in [4.78, 5) is 15.2. The Morgan fingerprint density at radius 3 is 2.02 bits per heavy atom. The highest BCUT2D eigenvalue weighted by atomic mass is 16.7. The van der Waals surface area contributed by atoms with Crippen molar-refractivity contribution in [1.82, 2.24) is 15.0 Å². The minimum absolute atomic E-state index is 0.425. The lowest BCUT2D eigenvalue weighted by molar-refractivity contribution is 0.00578. The zero-order valence-corrected chi connectivity index (χ0v) is 25.8. The number of aromatic nitrogens is 3. The topological polar surface area (TPSA) is 57.1 Å². The molecule has 0 unspecified atom stereocenters. The Bertz CT molecular complexity index is 2250. The lowest BCUT2D eigenvalue weighted by atomic mass is 9.78. The molecule has 0 aliphatic carbocycles. The predicted molar refractivity (Wildman–Crippen MR) is 184 cm³/mol. The van der Waals surface area contributed by atoms with Gasteiger partial charge in [-0.25, -0.2) is 15.0 Å². The number of fused-ring (bicyclic) bond motifs is 4. The first-order valence-electron chi connectivity index (χ1n) is 15.4. The third kappa shape index (κ3) is 4.87. The monoisotopic (exact) mass is 585 g/mol. The van der Waals surface area contributed by atoms with Crippen molar-refractivity contribution < 1.29 is 9.31 Å². The van der Waals surface area contributed by atoms with E-state index in [2.05, 4.69) is 107 Å². The normalized spacial score (nSPS) is 15.7. The third-order valence-corrected chi connectivity index (χ3v) is 9.30. The molecule has 7 aromatic rings. The van der Waals surface area contributed by atoms with Gasteiger partial charge in [0, 0.05) is 10.9 Å². The van der Waals surface area contributed by atoms with Crippen molar-refractivity contribution >= 4 is 45.0 Å². The maximum absolute atomic E-state index is 6.37. The van der Waals surface area contributed by atoms with Gasteiger partial charge in [-0.3, -0.25) is 0 Å². The summed E-state index contributed by atoms with van der Waals surface area (Å²) >= 11 is 0. The second kappa shape index (κ2) is 10.3. The Balaban J connectivity index is 1.27. The van der Waals surface area contributed by atoms with Gasteiger partial charge in [-0.1, -0.05) is 97.1 Å². The number of rotatable bonds is 4. The number of pyridine rings is 1. The van der Waals surface area contributed by atoms with E-state index in [1.807, 2.05) is 42.5 Å². The van der Waals surface area contributed by atoms with Gasteiger partial charge >= 0.3 is 7.12 Å². The van der Waals surface area contributed by atoms with E-state index in [-0.39, 0.29) is 0 Å². The molecule has 0 radical (unpaired) electrons. The molecule has 1 aliphatic rings. The summed E-state index contributed by atoms with van der Waals surface area (Å²) in [6.07, 6.45) is 0. The van der Waals surface area contributed by atoms with Crippen molar-refractivity contribution in [3.05, 3.63) is 121 Å². The van der Waals surface area contributed by atoms with Gasteiger partial charge in [0.1, 0.15) is 0 Å². The van der Waals surface area contributed by atoms with Gasteiger partial charge in [-0.15, -0.1) is 0 Å². The summed E-state index contributed by atoms with van der Waals surface area (Å²) in [7, 11) is -0.465. The molecule has 1 aliphatic heterocycles. The summed E-state index contributed by atoms with van der Waals surface area (Å²) in [5.74, 6) is 0.647. The largest absolute Gasteiger partial charge is 0.494 e. The maximum Gasteiger partial charge on any atom is 0.494 e. The van der Waals surface area contributed by atoms with Gasteiger partial charge < -0.3 is 9.31 Å². The predicted octanol–water partition coefficient (Wildman–Crippen LogP) is 8.63. The Morgan fingerprint density at radius 2 is 1.18 bits per heavy atom. The molecule has 218 valence electrons. The molecule has 1 saturated heterocycles. The van der Waals surface area contributed by atoms with Crippen molar-refractivity contribution in [3.8, 4) is 34.0 Å². The van der Waals surface area contributed by atoms with Gasteiger partial charge in [0.2, 0.25) is 0 Å². The van der Waals surface area contributed by atoms with E-state index in [9.17, 15) is 0 Å². The number of para-hydroxylation sites is 1. The van der Waals surface area contributed by atoms with Crippen LogP contribution in [0.3, 0.4) is 0 Å². The highest BCUT2D eigenvalue weighted by Crippen LogP contribution is 2.37. The minimum Gasteiger partial charge on any atom is -0.399 e. The summed E-state index contributed by atoms with van der Waals surface area (Å²) in [6.45, 7) is 8.29. The van der Waals surface area contributed by atoms with Crippen molar-refractivity contribution in [1.29, 1.82) is 0 Å². The number of nitrogens with zero attached hydrogens (tertiary/aromatic N) is 3. The number of hydrogen-bond donors (Lipinski definition) is 0. The number of benzene rings is 5. The van der Waals surface area contributed by atoms with E-state index in [1.165, 1.54) is 16.2 Å². The summed E-state index contributed by atoms with van der Waals surface area (Å²) in [6, 6.07) is 41.9. The van der Waals surface area contributed by atoms with E-state index >= 15 is 0 Å². The van der Waals surface area contributed by atoms with Gasteiger partial charge in [-0.2, -0.15) is 0 Å². The van der Waals surface area contributed by atoms with Gasteiger partial charge in [0.25, 0.3) is 0 Å². The molecule has 0 spiro atoms. The van der Waals surface area contributed by atoms with Crippen LogP contribution in [0.5, 0.6) is 0 Å². The quantitative estimate of drug-likeness (QED) is 0.153. The Hall–Kier alpha value is -4.91. The van der Waals surface area contributed by atoms with Gasteiger partial charge in [0.05, 0.1) is 33.8 Å². The van der Waals surface area contributed by atoms with Crippen LogP contribution in [0.2, 0.25) is 0 Å². The maximum atomic E-state index is 6.37. The van der Waals surface area contributed by atoms with Crippen LogP contribution in [-0.2, 0) is 9.31 Å². The molecular weight excluding hydrogens is 553 g/mol. The van der Waals surface area contributed by atoms with Crippen molar-refractivity contribution in [2.24, 2.45) is 0 Å². The second-order valence-electron chi connectivity index (χ2n) is 12.8. The Morgan fingerprint density at radius 1 is 0.489 bits per heavy atom. The summed E-state index contributed by atoms with van der Waals surface area (Å²) in [5, 5.41) is 5.90. The fourth-order valence-electron chi connectivity index (χ4n) is 6.04. The fraction of sp³-hybridized carbons (Fsp3) is 0.154. The van der Waals surface area contributed by atoms with E-state index in [0.29, 0.717) is 5.82 Å². The SMILES string of the molecule is CC1(C)OB(c2cccc(-c3cc(-c4ccc5ccccc5n4)nc(-c4ccc5c(ccc6ccccc65)c4)n3)c2)OC1(C)C. The first kappa shape index (κ1) is 27.6.